The summed E-state index contributed by atoms with van der Waals surface area (Å²) in [6.45, 7) is 0. The molecule has 1 saturated carbocycles. The highest BCUT2D eigenvalue weighted by Crippen LogP contribution is 2.31. The molecule has 0 radical (unpaired) electrons. The maximum Gasteiger partial charge on any atom is 0.241 e. The third-order valence-corrected chi connectivity index (χ3v) is 5.86. The van der Waals surface area contributed by atoms with E-state index in [1.165, 1.54) is 6.33 Å². The van der Waals surface area contributed by atoms with Gasteiger partial charge in [0.15, 0.2) is 0 Å². The first-order valence-electron chi connectivity index (χ1n) is 10.2. The summed E-state index contributed by atoms with van der Waals surface area (Å²) in [5, 5.41) is 9.02. The van der Waals surface area contributed by atoms with Gasteiger partial charge in [0.05, 0.1) is 35.8 Å². The van der Waals surface area contributed by atoms with E-state index < -0.39 is 0 Å². The van der Waals surface area contributed by atoms with Crippen LogP contribution in [-0.2, 0) is 4.74 Å². The van der Waals surface area contributed by atoms with E-state index in [0.29, 0.717) is 24.0 Å². The number of hydrogen-bond acceptors (Lipinski definition) is 7. The fraction of sp³-hybridized carbons (Fsp3) is 0.364. The minimum Gasteiger partial charge on any atom is -0.480 e. The van der Waals surface area contributed by atoms with E-state index in [9.17, 15) is 0 Å². The molecule has 0 saturated heterocycles. The average Bonchev–Trinajstić information content (AvgIpc) is 3.22. The number of hydrogen-bond donors (Lipinski definition) is 1. The molecule has 30 heavy (non-hydrogen) atoms. The van der Waals surface area contributed by atoms with E-state index in [0.717, 1.165) is 53.2 Å². The van der Waals surface area contributed by atoms with Crippen LogP contribution in [0.25, 0.3) is 27.5 Å². The number of rotatable bonds is 5. The molecule has 1 aromatic carbocycles. The number of nitrogens with one attached hydrogen (secondary N) is 1. The van der Waals surface area contributed by atoms with Crippen LogP contribution in [0.4, 0.5) is 5.95 Å². The third-order valence-electron chi connectivity index (χ3n) is 5.86. The largest absolute Gasteiger partial charge is 0.480 e. The quantitative estimate of drug-likeness (QED) is 0.542. The molecule has 3 heterocycles. The molecule has 0 unspecified atom stereocenters. The number of benzene rings is 1. The Balaban J connectivity index is 1.42. The molecule has 5 rings (SSSR count). The third kappa shape index (κ3) is 3.43. The Labute approximate surface area is 174 Å². The van der Waals surface area contributed by atoms with Crippen molar-refractivity contribution in [3.8, 4) is 17.0 Å². The average molecular weight is 404 g/mol. The standard InChI is InChI=1S/C22H24N6O2/c1-29-16-6-4-15(5-7-16)26-22-23-12-20-17(9-10-28(20)27-22)14-3-8-19-18(11-14)21(30-2)25-13-24-19/h3,8-13,15-16H,4-7H2,1-2H3,(H,26,27)/t15-,16+. The minimum atomic E-state index is 0.379. The molecule has 3 aromatic heterocycles. The molecule has 4 aromatic rings. The zero-order valence-electron chi connectivity index (χ0n) is 17.1. The van der Waals surface area contributed by atoms with Crippen molar-refractivity contribution in [2.24, 2.45) is 0 Å². The van der Waals surface area contributed by atoms with Crippen molar-refractivity contribution in [1.29, 1.82) is 0 Å². The van der Waals surface area contributed by atoms with Gasteiger partial charge in [-0.2, -0.15) is 0 Å². The summed E-state index contributed by atoms with van der Waals surface area (Å²) in [6, 6.07) is 8.51. The SMILES string of the molecule is COc1ncnc2ccc(-c3ccn4nc(N[C@H]5CC[C@@H](OC)CC5)ncc34)cc12. The molecule has 1 fully saturated rings. The molecule has 0 amide bonds. The Morgan fingerprint density at radius 1 is 1.03 bits per heavy atom. The first-order valence-corrected chi connectivity index (χ1v) is 10.2. The predicted molar refractivity (Wildman–Crippen MR) is 115 cm³/mol. The normalized spacial score (nSPS) is 19.3. The summed E-state index contributed by atoms with van der Waals surface area (Å²) in [4.78, 5) is 13.1. The van der Waals surface area contributed by atoms with E-state index in [-0.39, 0.29) is 0 Å². The molecule has 0 atom stereocenters. The molecule has 0 bridgehead atoms. The highest BCUT2D eigenvalue weighted by atomic mass is 16.5. The molecule has 1 aliphatic rings. The van der Waals surface area contributed by atoms with Gasteiger partial charge in [0.2, 0.25) is 11.8 Å². The number of fused-ring (bicyclic) bond motifs is 2. The van der Waals surface area contributed by atoms with Gasteiger partial charge in [0.1, 0.15) is 6.33 Å². The van der Waals surface area contributed by atoms with E-state index >= 15 is 0 Å². The van der Waals surface area contributed by atoms with Gasteiger partial charge in [0.25, 0.3) is 0 Å². The molecular weight excluding hydrogens is 380 g/mol. The second kappa shape index (κ2) is 7.87. The summed E-state index contributed by atoms with van der Waals surface area (Å²) >= 11 is 0. The van der Waals surface area contributed by atoms with Gasteiger partial charge < -0.3 is 14.8 Å². The summed E-state index contributed by atoms with van der Waals surface area (Å²) in [5.41, 5.74) is 3.88. The summed E-state index contributed by atoms with van der Waals surface area (Å²) in [6.07, 6.45) is 9.99. The molecule has 154 valence electrons. The van der Waals surface area contributed by atoms with Crippen LogP contribution in [0, 0.1) is 0 Å². The topological polar surface area (TPSA) is 86.5 Å². The van der Waals surface area contributed by atoms with Crippen LogP contribution in [0.1, 0.15) is 25.7 Å². The number of ether oxygens (including phenoxy) is 2. The van der Waals surface area contributed by atoms with E-state index in [4.69, 9.17) is 9.47 Å². The Morgan fingerprint density at radius 2 is 1.90 bits per heavy atom. The lowest BCUT2D eigenvalue weighted by atomic mass is 9.93. The molecule has 1 aliphatic carbocycles. The van der Waals surface area contributed by atoms with Crippen molar-refractivity contribution in [3.05, 3.63) is 43.0 Å². The predicted octanol–water partition coefficient (Wildman–Crippen LogP) is 3.72. The van der Waals surface area contributed by atoms with Crippen LogP contribution >= 0.6 is 0 Å². The maximum absolute atomic E-state index is 5.45. The molecule has 8 heteroatoms. The van der Waals surface area contributed by atoms with Gasteiger partial charge in [-0.1, -0.05) is 6.07 Å². The Morgan fingerprint density at radius 3 is 2.70 bits per heavy atom. The van der Waals surface area contributed by atoms with Crippen molar-refractivity contribution in [1.82, 2.24) is 24.6 Å². The summed E-state index contributed by atoms with van der Waals surface area (Å²) in [7, 11) is 3.41. The van der Waals surface area contributed by atoms with Crippen molar-refractivity contribution >= 4 is 22.4 Å². The maximum atomic E-state index is 5.45. The minimum absolute atomic E-state index is 0.379. The van der Waals surface area contributed by atoms with E-state index in [1.807, 2.05) is 35.1 Å². The number of nitrogens with zero attached hydrogens (tertiary/aromatic N) is 5. The highest BCUT2D eigenvalue weighted by Gasteiger charge is 2.21. The van der Waals surface area contributed by atoms with Gasteiger partial charge in [-0.3, -0.25) is 0 Å². The van der Waals surface area contributed by atoms with Crippen LogP contribution in [0.5, 0.6) is 5.88 Å². The number of aromatic nitrogens is 5. The van der Waals surface area contributed by atoms with Crippen LogP contribution in [0.15, 0.2) is 43.0 Å². The van der Waals surface area contributed by atoms with Gasteiger partial charge in [-0.15, -0.1) is 5.10 Å². The zero-order chi connectivity index (χ0) is 20.5. The lowest BCUT2D eigenvalue weighted by Gasteiger charge is -2.28. The van der Waals surface area contributed by atoms with Crippen LogP contribution in [0.2, 0.25) is 0 Å². The molecule has 1 N–H and O–H groups in total. The van der Waals surface area contributed by atoms with Gasteiger partial charge >= 0.3 is 0 Å². The van der Waals surface area contributed by atoms with E-state index in [2.05, 4.69) is 31.4 Å². The van der Waals surface area contributed by atoms with E-state index in [1.54, 1.807) is 14.2 Å². The van der Waals surface area contributed by atoms with Crippen LogP contribution in [0.3, 0.4) is 0 Å². The monoisotopic (exact) mass is 404 g/mol. The van der Waals surface area contributed by atoms with Crippen molar-refractivity contribution in [2.45, 2.75) is 37.8 Å². The summed E-state index contributed by atoms with van der Waals surface area (Å²) in [5.74, 6) is 1.22. The van der Waals surface area contributed by atoms with Crippen molar-refractivity contribution < 1.29 is 9.47 Å². The Hall–Kier alpha value is -3.26. The van der Waals surface area contributed by atoms with Gasteiger partial charge in [-0.05, 0) is 49.4 Å². The smallest absolute Gasteiger partial charge is 0.241 e. The second-order valence-electron chi connectivity index (χ2n) is 7.61. The zero-order valence-corrected chi connectivity index (χ0v) is 17.1. The van der Waals surface area contributed by atoms with Gasteiger partial charge in [-0.25, -0.2) is 19.5 Å². The van der Waals surface area contributed by atoms with Crippen LogP contribution < -0.4 is 10.1 Å². The first-order chi connectivity index (χ1) is 14.7. The first kappa shape index (κ1) is 18.7. The van der Waals surface area contributed by atoms with Crippen molar-refractivity contribution in [2.75, 3.05) is 19.5 Å². The summed E-state index contributed by atoms with van der Waals surface area (Å²) < 4.78 is 12.7. The fourth-order valence-corrected chi connectivity index (χ4v) is 4.20. The Bertz CT molecular complexity index is 1180. The van der Waals surface area contributed by atoms with Crippen molar-refractivity contribution in [3.63, 3.8) is 0 Å². The molecule has 0 spiro atoms. The number of anilines is 1. The van der Waals surface area contributed by atoms with Gasteiger partial charge in [0, 0.05) is 24.9 Å². The Kier molecular flexibility index (Phi) is 4.92. The highest BCUT2D eigenvalue weighted by molar-refractivity contribution is 5.91. The molecule has 8 nitrogen and oxygen atoms in total. The fourth-order valence-electron chi connectivity index (χ4n) is 4.20. The number of methoxy groups -OCH3 is 2. The molecular formula is C22H24N6O2. The lowest BCUT2D eigenvalue weighted by molar-refractivity contribution is 0.0681. The second-order valence-corrected chi connectivity index (χ2v) is 7.61. The lowest BCUT2D eigenvalue weighted by Crippen LogP contribution is -2.30. The van der Waals surface area contributed by atoms with Crippen LogP contribution in [-0.4, -0.2) is 50.9 Å². The molecule has 0 aliphatic heterocycles.